The number of nitrogens with two attached hydrogens (primary N) is 1. The van der Waals surface area contributed by atoms with Gasteiger partial charge in [-0.3, -0.25) is 4.79 Å². The number of nitrogens with one attached hydrogen (secondary N) is 1. The minimum atomic E-state index is 0.0799. The maximum atomic E-state index is 12.4. The zero-order chi connectivity index (χ0) is 15.5. The third-order valence-electron chi connectivity index (χ3n) is 4.66. The molecule has 2 aliphatic rings. The van der Waals surface area contributed by atoms with Crippen LogP contribution in [0.4, 0.5) is 5.82 Å². The molecule has 3 N–H and O–H groups in total. The second-order valence-electron chi connectivity index (χ2n) is 6.37. The number of nitrogens with zero attached hydrogens (tertiary/aromatic N) is 2. The number of pyridine rings is 1. The topological polar surface area (TPSA) is 71.2 Å². The van der Waals surface area contributed by atoms with Gasteiger partial charge in [0.1, 0.15) is 5.82 Å². The molecule has 1 saturated carbocycles. The molecule has 0 bridgehead atoms. The second kappa shape index (κ2) is 6.84. The number of carbonyl (C=O) groups excluding carboxylic acids is 1. The van der Waals surface area contributed by atoms with E-state index in [9.17, 15) is 4.79 Å². The van der Waals surface area contributed by atoms with Crippen molar-refractivity contribution >= 4 is 23.3 Å². The van der Waals surface area contributed by atoms with E-state index in [4.69, 9.17) is 17.3 Å². The van der Waals surface area contributed by atoms with Crippen molar-refractivity contribution in [3.8, 4) is 0 Å². The van der Waals surface area contributed by atoms with E-state index >= 15 is 0 Å². The first-order chi connectivity index (χ1) is 10.6. The molecule has 2 fully saturated rings. The highest BCUT2D eigenvalue weighted by atomic mass is 35.5. The van der Waals surface area contributed by atoms with Crippen molar-refractivity contribution in [1.82, 2.24) is 10.3 Å². The maximum Gasteiger partial charge on any atom is 0.223 e. The summed E-state index contributed by atoms with van der Waals surface area (Å²) in [5.41, 5.74) is 5.97. The van der Waals surface area contributed by atoms with E-state index in [0.29, 0.717) is 5.02 Å². The van der Waals surface area contributed by atoms with E-state index in [1.54, 1.807) is 6.20 Å². The summed E-state index contributed by atoms with van der Waals surface area (Å²) < 4.78 is 0. The summed E-state index contributed by atoms with van der Waals surface area (Å²) in [5.74, 6) is 1.05. The van der Waals surface area contributed by atoms with Crippen LogP contribution in [-0.2, 0) is 4.79 Å². The predicted octanol–water partition coefficient (Wildman–Crippen LogP) is 1.95. The zero-order valence-corrected chi connectivity index (χ0v) is 13.4. The lowest BCUT2D eigenvalue weighted by molar-refractivity contribution is -0.126. The molecule has 1 aliphatic heterocycles. The van der Waals surface area contributed by atoms with Crippen LogP contribution in [0.5, 0.6) is 0 Å². The number of carbonyl (C=O) groups is 1. The molecular formula is C16H23ClN4O. The number of hydrogen-bond acceptors (Lipinski definition) is 4. The lowest BCUT2D eigenvalue weighted by Gasteiger charge is -2.27. The van der Waals surface area contributed by atoms with Gasteiger partial charge in [0.15, 0.2) is 0 Å². The van der Waals surface area contributed by atoms with Crippen LogP contribution in [0.1, 0.15) is 32.1 Å². The molecule has 0 spiro atoms. The highest BCUT2D eigenvalue weighted by Crippen LogP contribution is 2.27. The molecule has 1 amide bonds. The molecule has 22 heavy (non-hydrogen) atoms. The molecule has 120 valence electrons. The molecule has 5 nitrogen and oxygen atoms in total. The molecule has 6 heteroatoms. The Kier molecular flexibility index (Phi) is 4.84. The third-order valence-corrected chi connectivity index (χ3v) is 4.95. The quantitative estimate of drug-likeness (QED) is 0.892. The number of aromatic nitrogens is 1. The Bertz CT molecular complexity index is 539. The first-order valence-electron chi connectivity index (χ1n) is 8.05. The van der Waals surface area contributed by atoms with Gasteiger partial charge in [-0.05, 0) is 37.8 Å². The van der Waals surface area contributed by atoms with Crippen molar-refractivity contribution < 1.29 is 4.79 Å². The van der Waals surface area contributed by atoms with Gasteiger partial charge in [0, 0.05) is 37.3 Å². The lowest BCUT2D eigenvalue weighted by Crippen LogP contribution is -2.43. The van der Waals surface area contributed by atoms with E-state index < -0.39 is 0 Å². The largest absolute Gasteiger partial charge is 0.353 e. The number of hydrogen-bond donors (Lipinski definition) is 2. The molecule has 1 aromatic heterocycles. The van der Waals surface area contributed by atoms with Crippen LogP contribution in [0.2, 0.25) is 5.02 Å². The Morgan fingerprint density at radius 3 is 3.05 bits per heavy atom. The monoisotopic (exact) mass is 322 g/mol. The molecule has 1 aromatic rings. The average molecular weight is 323 g/mol. The van der Waals surface area contributed by atoms with Gasteiger partial charge in [-0.25, -0.2) is 4.98 Å². The van der Waals surface area contributed by atoms with Gasteiger partial charge in [0.2, 0.25) is 5.91 Å². The molecule has 0 unspecified atom stereocenters. The van der Waals surface area contributed by atoms with Crippen molar-refractivity contribution in [2.75, 3.05) is 18.0 Å². The summed E-state index contributed by atoms with van der Waals surface area (Å²) in [5, 5.41) is 3.84. The summed E-state index contributed by atoms with van der Waals surface area (Å²) in [6.45, 7) is 1.63. The van der Waals surface area contributed by atoms with E-state index in [0.717, 1.165) is 51.0 Å². The van der Waals surface area contributed by atoms with Crippen LogP contribution in [0.15, 0.2) is 18.3 Å². The smallest absolute Gasteiger partial charge is 0.223 e. The van der Waals surface area contributed by atoms with E-state index in [-0.39, 0.29) is 23.9 Å². The summed E-state index contributed by atoms with van der Waals surface area (Å²) >= 11 is 6.19. The average Bonchev–Trinajstić information content (AvgIpc) is 2.96. The van der Waals surface area contributed by atoms with Crippen LogP contribution >= 0.6 is 11.6 Å². The fraction of sp³-hybridized carbons (Fsp3) is 0.625. The van der Waals surface area contributed by atoms with Crippen molar-refractivity contribution in [2.24, 2.45) is 11.7 Å². The predicted molar refractivity (Wildman–Crippen MR) is 87.9 cm³/mol. The minimum absolute atomic E-state index is 0.0799. The van der Waals surface area contributed by atoms with Crippen LogP contribution < -0.4 is 16.0 Å². The van der Waals surface area contributed by atoms with Crippen LogP contribution in [0, 0.1) is 5.92 Å². The second-order valence-corrected chi connectivity index (χ2v) is 6.78. The van der Waals surface area contributed by atoms with Crippen molar-refractivity contribution in [3.63, 3.8) is 0 Å². The zero-order valence-electron chi connectivity index (χ0n) is 12.7. The summed E-state index contributed by atoms with van der Waals surface area (Å²) in [7, 11) is 0. The fourth-order valence-corrected chi connectivity index (χ4v) is 3.71. The molecule has 3 rings (SSSR count). The Morgan fingerprint density at radius 2 is 2.27 bits per heavy atom. The number of rotatable bonds is 3. The summed E-state index contributed by atoms with van der Waals surface area (Å²) in [6, 6.07) is 4.02. The minimum Gasteiger partial charge on any atom is -0.353 e. The molecule has 3 atom stereocenters. The third kappa shape index (κ3) is 3.52. The standard InChI is InChI=1S/C16H23ClN4O/c17-14-5-2-7-19-15(14)21-8-6-13(10-21)20-16(22)11-3-1-4-12(18)9-11/h2,5,7,11-13H,1,3-4,6,8-10,18H2,(H,20,22)/t11-,12-,13-/m1/s1. The first-order valence-corrected chi connectivity index (χ1v) is 8.42. The molecular weight excluding hydrogens is 300 g/mol. The SMILES string of the molecule is N[C@@H]1CCC[C@@H](C(=O)N[C@@H]2CCN(c3ncccc3Cl)C2)C1. The first kappa shape index (κ1) is 15.6. The Balaban J connectivity index is 1.55. The van der Waals surface area contributed by atoms with Gasteiger partial charge in [0.25, 0.3) is 0 Å². The van der Waals surface area contributed by atoms with E-state index in [1.165, 1.54) is 0 Å². The van der Waals surface area contributed by atoms with Crippen LogP contribution in [-0.4, -0.2) is 36.1 Å². The van der Waals surface area contributed by atoms with Gasteiger partial charge in [0.05, 0.1) is 5.02 Å². The van der Waals surface area contributed by atoms with Gasteiger partial charge in [-0.2, -0.15) is 0 Å². The molecule has 0 radical (unpaired) electrons. The van der Waals surface area contributed by atoms with Crippen LogP contribution in [0.3, 0.4) is 0 Å². The normalized spacial score (nSPS) is 28.6. The van der Waals surface area contributed by atoms with Gasteiger partial charge in [-0.1, -0.05) is 18.0 Å². The highest BCUT2D eigenvalue weighted by Gasteiger charge is 2.30. The molecule has 1 saturated heterocycles. The Morgan fingerprint density at radius 1 is 1.41 bits per heavy atom. The van der Waals surface area contributed by atoms with Crippen molar-refractivity contribution in [2.45, 2.75) is 44.2 Å². The maximum absolute atomic E-state index is 12.4. The summed E-state index contributed by atoms with van der Waals surface area (Å²) in [4.78, 5) is 18.9. The van der Waals surface area contributed by atoms with Crippen molar-refractivity contribution in [3.05, 3.63) is 23.4 Å². The van der Waals surface area contributed by atoms with Gasteiger partial charge >= 0.3 is 0 Å². The van der Waals surface area contributed by atoms with E-state index in [2.05, 4.69) is 15.2 Å². The van der Waals surface area contributed by atoms with Crippen LogP contribution in [0.25, 0.3) is 0 Å². The van der Waals surface area contributed by atoms with Crippen molar-refractivity contribution in [1.29, 1.82) is 0 Å². The van der Waals surface area contributed by atoms with Gasteiger partial charge in [-0.15, -0.1) is 0 Å². The Hall–Kier alpha value is -1.33. The molecule has 1 aliphatic carbocycles. The molecule has 2 heterocycles. The van der Waals surface area contributed by atoms with Gasteiger partial charge < -0.3 is 16.0 Å². The highest BCUT2D eigenvalue weighted by molar-refractivity contribution is 6.32. The summed E-state index contributed by atoms with van der Waals surface area (Å²) in [6.07, 6.45) is 6.54. The fourth-order valence-electron chi connectivity index (χ4n) is 3.47. The lowest BCUT2D eigenvalue weighted by atomic mass is 9.85. The number of anilines is 1. The number of amides is 1. The van der Waals surface area contributed by atoms with E-state index in [1.807, 2.05) is 12.1 Å². The number of halogens is 1. The molecule has 0 aromatic carbocycles. The Labute approximate surface area is 136 Å².